The lowest BCUT2D eigenvalue weighted by atomic mass is 9.92. The van der Waals surface area contributed by atoms with Gasteiger partial charge < -0.3 is 9.64 Å². The molecule has 0 N–H and O–H groups in total. The number of aromatic nitrogens is 1. The molecule has 1 aliphatic heterocycles. The molecule has 5 rings (SSSR count). The number of hydrogen-bond donors (Lipinski definition) is 0. The Morgan fingerprint density at radius 1 is 0.829 bits per heavy atom. The first-order valence-electron chi connectivity index (χ1n) is 14.0. The zero-order chi connectivity index (χ0) is 28.6. The van der Waals surface area contributed by atoms with Crippen LogP contribution in [0.5, 0.6) is 5.75 Å². The zero-order valence-electron chi connectivity index (χ0n) is 23.2. The third kappa shape index (κ3) is 6.02. The third-order valence-electron chi connectivity index (χ3n) is 7.33. The first-order valence-corrected chi connectivity index (χ1v) is 14.0. The number of hydrogen-bond acceptors (Lipinski definition) is 4. The highest BCUT2D eigenvalue weighted by atomic mass is 16.5. The van der Waals surface area contributed by atoms with Gasteiger partial charge in [-0.2, -0.15) is 0 Å². The summed E-state index contributed by atoms with van der Waals surface area (Å²) in [7, 11) is 0. The third-order valence-corrected chi connectivity index (χ3v) is 7.33. The van der Waals surface area contributed by atoms with Gasteiger partial charge in [0.25, 0.3) is 5.91 Å². The minimum absolute atomic E-state index is 0.0569. The number of benzene rings is 3. The minimum Gasteiger partial charge on any atom is -0.482 e. The van der Waals surface area contributed by atoms with Crippen LogP contribution in [0.4, 0.5) is 0 Å². The van der Waals surface area contributed by atoms with Gasteiger partial charge in [-0.1, -0.05) is 97.1 Å². The van der Waals surface area contributed by atoms with Crippen molar-refractivity contribution >= 4 is 5.91 Å². The van der Waals surface area contributed by atoms with E-state index in [9.17, 15) is 9.59 Å². The summed E-state index contributed by atoms with van der Waals surface area (Å²) in [4.78, 5) is 29.0. The molecule has 4 aromatic rings. The molecule has 0 spiro atoms. The summed E-state index contributed by atoms with van der Waals surface area (Å²) in [6, 6.07) is 29.6. The van der Waals surface area contributed by atoms with E-state index in [1.54, 1.807) is 17.2 Å². The van der Waals surface area contributed by atoms with Gasteiger partial charge in [-0.05, 0) is 41.5 Å². The van der Waals surface area contributed by atoms with E-state index in [1.165, 1.54) is 11.6 Å². The van der Waals surface area contributed by atoms with Crippen LogP contribution in [0.3, 0.4) is 0 Å². The van der Waals surface area contributed by atoms with Crippen LogP contribution >= 0.6 is 0 Å². The van der Waals surface area contributed by atoms with E-state index in [-0.39, 0.29) is 35.4 Å². The molecular formula is C35H35N3O3. The molecule has 0 fully saturated rings. The number of aryl methyl sites for hydroxylation is 1. The first kappa shape index (κ1) is 27.7. The summed E-state index contributed by atoms with van der Waals surface area (Å²) in [5.41, 5.74) is 4.24. The molecule has 208 valence electrons. The van der Waals surface area contributed by atoms with Crippen molar-refractivity contribution in [3.05, 3.63) is 161 Å². The average molecular weight is 546 g/mol. The molecule has 0 aliphatic carbocycles. The number of amides is 1. The summed E-state index contributed by atoms with van der Waals surface area (Å²) < 4.78 is 7.94. The predicted molar refractivity (Wildman–Crippen MR) is 164 cm³/mol. The van der Waals surface area contributed by atoms with E-state index in [0.29, 0.717) is 19.6 Å². The molecule has 1 unspecified atom stereocenters. The summed E-state index contributed by atoms with van der Waals surface area (Å²) in [5.74, 6) is -0.183. The second-order valence-electron chi connectivity index (χ2n) is 10.0. The minimum atomic E-state index is -0.325. The number of carbonyl (C=O) groups excluding carboxylic acids is 1. The molecule has 2 heterocycles. The van der Waals surface area contributed by atoms with E-state index >= 15 is 0 Å². The van der Waals surface area contributed by atoms with Crippen molar-refractivity contribution in [3.63, 3.8) is 0 Å². The van der Waals surface area contributed by atoms with E-state index < -0.39 is 0 Å². The Labute approximate surface area is 241 Å². The standard InChI is InChI=1S/C35H35N3O3/c1-3-5-17-28-18-13-14-21-30(28)32(29-19-11-8-12-20-29)38-26-36(23-6-4-2)35(40)33-34(31(39)22-24-37(33)38)41-25-27-15-9-7-10-16-27/h3-4,7-16,18-22,24,32H,1-2,5-6,17,23,25-26H2. The summed E-state index contributed by atoms with van der Waals surface area (Å²) in [6.07, 6.45) is 7.75. The maximum absolute atomic E-state index is 14.0. The van der Waals surface area contributed by atoms with E-state index in [4.69, 9.17) is 4.74 Å². The molecule has 1 aliphatic rings. The van der Waals surface area contributed by atoms with Gasteiger partial charge in [0.2, 0.25) is 5.43 Å². The second-order valence-corrected chi connectivity index (χ2v) is 10.0. The van der Waals surface area contributed by atoms with Crippen molar-refractivity contribution in [2.45, 2.75) is 31.9 Å². The monoisotopic (exact) mass is 545 g/mol. The molecule has 1 atom stereocenters. The van der Waals surface area contributed by atoms with Crippen molar-refractivity contribution in [2.75, 3.05) is 18.2 Å². The molecule has 0 radical (unpaired) electrons. The molecule has 1 aromatic heterocycles. The van der Waals surface area contributed by atoms with E-state index in [1.807, 2.05) is 65.3 Å². The van der Waals surface area contributed by atoms with Gasteiger partial charge in [-0.3, -0.25) is 19.3 Å². The van der Waals surface area contributed by atoms with Gasteiger partial charge in [0.05, 0.1) is 6.04 Å². The zero-order valence-corrected chi connectivity index (χ0v) is 23.2. The topological polar surface area (TPSA) is 54.8 Å². The van der Waals surface area contributed by atoms with Crippen LogP contribution < -0.4 is 15.2 Å². The fraction of sp³-hybridized carbons (Fsp3) is 0.200. The molecule has 0 saturated heterocycles. The molecule has 0 saturated carbocycles. The van der Waals surface area contributed by atoms with Gasteiger partial charge in [-0.15, -0.1) is 13.2 Å². The van der Waals surface area contributed by atoms with Crippen molar-refractivity contribution in [3.8, 4) is 5.75 Å². The van der Waals surface area contributed by atoms with Gasteiger partial charge in [0.1, 0.15) is 13.3 Å². The quantitative estimate of drug-likeness (QED) is 0.197. The van der Waals surface area contributed by atoms with Crippen LogP contribution in [0, 0.1) is 0 Å². The number of nitrogens with zero attached hydrogens (tertiary/aromatic N) is 3. The Bertz CT molecular complexity index is 1560. The van der Waals surface area contributed by atoms with Crippen molar-refractivity contribution in [1.82, 2.24) is 9.58 Å². The van der Waals surface area contributed by atoms with Gasteiger partial charge >= 0.3 is 0 Å². The average Bonchev–Trinajstić information content (AvgIpc) is 3.01. The Morgan fingerprint density at radius 3 is 2.24 bits per heavy atom. The van der Waals surface area contributed by atoms with Crippen molar-refractivity contribution in [1.29, 1.82) is 0 Å². The number of rotatable bonds is 12. The maximum Gasteiger partial charge on any atom is 0.277 e. The lowest BCUT2D eigenvalue weighted by molar-refractivity contribution is 0.0680. The van der Waals surface area contributed by atoms with Crippen LogP contribution in [0.2, 0.25) is 0 Å². The fourth-order valence-electron chi connectivity index (χ4n) is 5.30. The Morgan fingerprint density at radius 2 is 1.51 bits per heavy atom. The molecular weight excluding hydrogens is 510 g/mol. The maximum atomic E-state index is 14.0. The Kier molecular flexibility index (Phi) is 8.79. The SMILES string of the molecule is C=CCCc1ccccc1C(c1ccccc1)N1CN(CCC=C)C(=O)c2c(OCc3ccccc3)c(=O)ccn21. The largest absolute Gasteiger partial charge is 0.482 e. The summed E-state index contributed by atoms with van der Waals surface area (Å²) in [6.45, 7) is 8.76. The number of fused-ring (bicyclic) bond motifs is 1. The van der Waals surface area contributed by atoms with E-state index in [2.05, 4.69) is 48.5 Å². The Balaban J connectivity index is 1.67. The van der Waals surface area contributed by atoms with Crippen LogP contribution in [0.25, 0.3) is 0 Å². The fourth-order valence-corrected chi connectivity index (χ4v) is 5.30. The lowest BCUT2D eigenvalue weighted by Gasteiger charge is -2.44. The molecule has 3 aromatic carbocycles. The summed E-state index contributed by atoms with van der Waals surface area (Å²) in [5, 5.41) is 2.15. The van der Waals surface area contributed by atoms with Gasteiger partial charge in [0, 0.05) is 18.8 Å². The Hall–Kier alpha value is -4.84. The van der Waals surface area contributed by atoms with Crippen LogP contribution in [-0.2, 0) is 13.0 Å². The van der Waals surface area contributed by atoms with Crippen LogP contribution in [0.1, 0.15) is 51.6 Å². The first-order chi connectivity index (χ1) is 20.1. The molecule has 41 heavy (non-hydrogen) atoms. The van der Waals surface area contributed by atoms with Crippen molar-refractivity contribution in [2.24, 2.45) is 0 Å². The van der Waals surface area contributed by atoms with Crippen molar-refractivity contribution < 1.29 is 9.53 Å². The number of allylic oxidation sites excluding steroid dienone is 1. The van der Waals surface area contributed by atoms with E-state index in [0.717, 1.165) is 29.5 Å². The molecule has 0 bridgehead atoms. The predicted octanol–water partition coefficient (Wildman–Crippen LogP) is 6.26. The highest BCUT2D eigenvalue weighted by Gasteiger charge is 2.37. The normalized spacial score (nSPS) is 13.4. The number of carbonyl (C=O) groups is 1. The number of ether oxygens (including phenoxy) is 1. The molecule has 1 amide bonds. The summed E-state index contributed by atoms with van der Waals surface area (Å²) >= 11 is 0. The molecule has 6 nitrogen and oxygen atoms in total. The number of pyridine rings is 1. The second kappa shape index (κ2) is 13.0. The van der Waals surface area contributed by atoms with Crippen LogP contribution in [0.15, 0.2) is 127 Å². The van der Waals surface area contributed by atoms with Gasteiger partial charge in [0.15, 0.2) is 11.4 Å². The highest BCUT2D eigenvalue weighted by molar-refractivity contribution is 5.96. The highest BCUT2D eigenvalue weighted by Crippen LogP contribution is 2.34. The smallest absolute Gasteiger partial charge is 0.277 e. The van der Waals surface area contributed by atoms with Crippen LogP contribution in [-0.4, -0.2) is 28.7 Å². The molecule has 6 heteroatoms. The van der Waals surface area contributed by atoms with Gasteiger partial charge in [-0.25, -0.2) is 0 Å². The lowest BCUT2D eigenvalue weighted by Crippen LogP contribution is -2.55.